The van der Waals surface area contributed by atoms with Gasteiger partial charge in [0.05, 0.1) is 13.2 Å². The molecule has 0 spiro atoms. The van der Waals surface area contributed by atoms with Crippen LogP contribution in [0.15, 0.2) is 82.6 Å². The van der Waals surface area contributed by atoms with Crippen LogP contribution in [-0.4, -0.2) is 15.2 Å². The minimum absolute atomic E-state index is 0.00366. The molecule has 0 amide bonds. The Morgan fingerprint density at radius 2 is 1.24 bits per heavy atom. The van der Waals surface area contributed by atoms with Gasteiger partial charge in [-0.15, -0.1) is 0 Å². The van der Waals surface area contributed by atoms with Crippen LogP contribution in [0.4, 0.5) is 0 Å². The Morgan fingerprint density at radius 3 is 1.78 bits per heavy atom. The first-order valence-electron chi connectivity index (χ1n) is 12.1. The van der Waals surface area contributed by atoms with Crippen molar-refractivity contribution in [1.82, 2.24) is 4.98 Å². The standard InChI is InChI=1S/C32H24NO3S/c34-20-24-8-4-22(5-9-24)12-14-26-18-28(37-32-17-16-31(36)29-2-1-3-30(29)32)19-27(33-26)15-13-23-6-10-25(21-35)11-7-23/h4-11,16-19,34-35H,1-3,20-21H2. The van der Waals surface area contributed by atoms with Crippen molar-refractivity contribution in [3.05, 3.63) is 118 Å². The van der Waals surface area contributed by atoms with E-state index in [4.69, 9.17) is 0 Å². The van der Waals surface area contributed by atoms with Crippen LogP contribution < -0.4 is 0 Å². The Labute approximate surface area is 221 Å². The van der Waals surface area contributed by atoms with E-state index in [1.165, 1.54) is 0 Å². The van der Waals surface area contributed by atoms with Crippen molar-refractivity contribution < 1.29 is 15.3 Å². The fourth-order valence-corrected chi connectivity index (χ4v) is 5.29. The highest BCUT2D eigenvalue weighted by atomic mass is 32.2. The summed E-state index contributed by atoms with van der Waals surface area (Å²) in [6, 6.07) is 22.4. The first-order valence-corrected chi connectivity index (χ1v) is 12.9. The first-order chi connectivity index (χ1) is 18.1. The van der Waals surface area contributed by atoms with Crippen LogP contribution >= 0.6 is 11.8 Å². The largest absolute Gasteiger partial charge is 0.392 e. The van der Waals surface area contributed by atoms with Gasteiger partial charge in [0.2, 0.25) is 0 Å². The molecule has 0 aliphatic heterocycles. The summed E-state index contributed by atoms with van der Waals surface area (Å²) in [4.78, 5) is 6.72. The number of pyridine rings is 1. The van der Waals surface area contributed by atoms with Gasteiger partial charge in [-0.05, 0) is 96.3 Å². The van der Waals surface area contributed by atoms with Gasteiger partial charge in [0.1, 0.15) is 11.4 Å². The molecule has 0 atom stereocenters. The Kier molecular flexibility index (Phi) is 7.59. The summed E-state index contributed by atoms with van der Waals surface area (Å²) in [6.07, 6.45) is 2.78. The van der Waals surface area contributed by atoms with Crippen molar-refractivity contribution in [2.45, 2.75) is 42.3 Å². The predicted octanol–water partition coefficient (Wildman–Crippen LogP) is 5.65. The number of rotatable bonds is 4. The number of nitrogens with zero attached hydrogens (tertiary/aromatic N) is 1. The lowest BCUT2D eigenvalue weighted by Crippen LogP contribution is -1.92. The van der Waals surface area contributed by atoms with Gasteiger partial charge < -0.3 is 10.2 Å². The lowest BCUT2D eigenvalue weighted by molar-refractivity contribution is 0.281. The number of benzene rings is 3. The molecular formula is C32H24NO3S. The summed E-state index contributed by atoms with van der Waals surface area (Å²) < 4.78 is 0. The molecule has 0 bridgehead atoms. The van der Waals surface area contributed by atoms with E-state index >= 15 is 0 Å². The molecule has 4 nitrogen and oxygen atoms in total. The quantitative estimate of drug-likeness (QED) is 0.354. The van der Waals surface area contributed by atoms with Crippen molar-refractivity contribution >= 4 is 11.8 Å². The molecule has 5 heteroatoms. The molecule has 0 fully saturated rings. The number of aliphatic hydroxyl groups is 2. The van der Waals surface area contributed by atoms with Crippen LogP contribution in [0, 0.1) is 23.7 Å². The molecule has 2 N–H and O–H groups in total. The third-order valence-electron chi connectivity index (χ3n) is 6.17. The highest BCUT2D eigenvalue weighted by molar-refractivity contribution is 7.99. The van der Waals surface area contributed by atoms with Gasteiger partial charge in [0, 0.05) is 26.5 Å². The topological polar surface area (TPSA) is 73.2 Å². The highest BCUT2D eigenvalue weighted by Crippen LogP contribution is 2.40. The van der Waals surface area contributed by atoms with E-state index < -0.39 is 0 Å². The Hall–Kier alpha value is -4.00. The van der Waals surface area contributed by atoms with Crippen LogP contribution in [0.25, 0.3) is 0 Å². The molecule has 0 saturated heterocycles. The minimum atomic E-state index is -0.00366. The maximum absolute atomic E-state index is 12.3. The van der Waals surface area contributed by atoms with Gasteiger partial charge in [-0.2, -0.15) is 0 Å². The summed E-state index contributed by atoms with van der Waals surface area (Å²) in [7, 11) is 0. The van der Waals surface area contributed by atoms with Crippen molar-refractivity contribution in [3.63, 3.8) is 0 Å². The summed E-state index contributed by atoms with van der Waals surface area (Å²) in [6.45, 7) is -0.00731. The summed E-state index contributed by atoms with van der Waals surface area (Å²) in [5.74, 6) is 12.7. The number of hydrogen-bond donors (Lipinski definition) is 2. The molecule has 3 aromatic carbocycles. The zero-order chi connectivity index (χ0) is 25.6. The van der Waals surface area contributed by atoms with Gasteiger partial charge in [0.15, 0.2) is 5.75 Å². The van der Waals surface area contributed by atoms with E-state index in [0.29, 0.717) is 11.4 Å². The normalized spacial score (nSPS) is 11.7. The molecule has 1 aliphatic rings. The average molecular weight is 503 g/mol. The second kappa shape index (κ2) is 11.4. The number of fused-ring (bicyclic) bond motifs is 1. The monoisotopic (exact) mass is 502 g/mol. The van der Waals surface area contributed by atoms with Gasteiger partial charge in [0.25, 0.3) is 0 Å². The molecule has 5 rings (SSSR count). The van der Waals surface area contributed by atoms with E-state index in [0.717, 1.165) is 62.4 Å². The molecule has 4 aromatic rings. The first kappa shape index (κ1) is 24.7. The SMILES string of the molecule is [O]c1ccc(Sc2cc(C#Cc3ccc(CO)cc3)nc(C#Cc3ccc(CO)cc3)c2)c2c1CCC2. The lowest BCUT2D eigenvalue weighted by Gasteiger charge is -2.09. The van der Waals surface area contributed by atoms with Gasteiger partial charge in [-0.25, -0.2) is 4.98 Å². The smallest absolute Gasteiger partial charge is 0.182 e. The van der Waals surface area contributed by atoms with Crippen LogP contribution in [0.1, 0.15) is 51.2 Å². The zero-order valence-corrected chi connectivity index (χ0v) is 20.9. The van der Waals surface area contributed by atoms with Gasteiger partial charge in [-0.1, -0.05) is 47.9 Å². The van der Waals surface area contributed by atoms with Gasteiger partial charge >= 0.3 is 0 Å². The van der Waals surface area contributed by atoms with E-state index in [-0.39, 0.29) is 19.0 Å². The van der Waals surface area contributed by atoms with Crippen molar-refractivity contribution in [1.29, 1.82) is 0 Å². The van der Waals surface area contributed by atoms with Crippen LogP contribution in [0.3, 0.4) is 0 Å². The molecule has 37 heavy (non-hydrogen) atoms. The fraction of sp³-hybridized carbons (Fsp3) is 0.156. The molecule has 1 heterocycles. The van der Waals surface area contributed by atoms with Gasteiger partial charge in [-0.3, -0.25) is 5.11 Å². The predicted molar refractivity (Wildman–Crippen MR) is 144 cm³/mol. The Morgan fingerprint density at radius 1 is 0.703 bits per heavy atom. The molecule has 0 unspecified atom stereocenters. The van der Waals surface area contributed by atoms with Crippen molar-refractivity contribution in [2.24, 2.45) is 0 Å². The van der Waals surface area contributed by atoms with Crippen molar-refractivity contribution in [2.75, 3.05) is 0 Å². The molecular weight excluding hydrogens is 478 g/mol. The fourth-order valence-electron chi connectivity index (χ4n) is 4.21. The highest BCUT2D eigenvalue weighted by Gasteiger charge is 2.20. The second-order valence-corrected chi connectivity index (χ2v) is 9.87. The summed E-state index contributed by atoms with van der Waals surface area (Å²) in [5, 5.41) is 30.8. The van der Waals surface area contributed by atoms with Crippen molar-refractivity contribution in [3.8, 4) is 29.4 Å². The zero-order valence-electron chi connectivity index (χ0n) is 20.1. The van der Waals surface area contributed by atoms with E-state index in [9.17, 15) is 15.3 Å². The second-order valence-electron chi connectivity index (χ2n) is 8.76. The van der Waals surface area contributed by atoms with E-state index in [1.54, 1.807) is 17.8 Å². The number of aromatic nitrogens is 1. The number of hydrogen-bond acceptors (Lipinski definition) is 4. The summed E-state index contributed by atoms with van der Waals surface area (Å²) in [5.41, 5.74) is 6.64. The van der Waals surface area contributed by atoms with E-state index in [1.807, 2.05) is 66.7 Å². The van der Waals surface area contributed by atoms with Crippen LogP contribution in [0.5, 0.6) is 5.75 Å². The Balaban J connectivity index is 1.50. The van der Waals surface area contributed by atoms with Crippen LogP contribution in [-0.2, 0) is 31.2 Å². The molecule has 1 aromatic heterocycles. The molecule has 181 valence electrons. The molecule has 1 aliphatic carbocycles. The third kappa shape index (κ3) is 6.05. The van der Waals surface area contributed by atoms with Crippen LogP contribution in [0.2, 0.25) is 0 Å². The minimum Gasteiger partial charge on any atom is -0.392 e. The maximum atomic E-state index is 12.3. The average Bonchev–Trinajstić information content (AvgIpc) is 3.44. The molecule has 0 saturated carbocycles. The number of aliphatic hydroxyl groups excluding tert-OH is 2. The molecule has 1 radical (unpaired) electrons. The lowest BCUT2D eigenvalue weighted by atomic mass is 10.1. The van der Waals surface area contributed by atoms with E-state index in [2.05, 4.69) is 28.7 Å². The Bertz CT molecular complexity index is 1470. The summed E-state index contributed by atoms with van der Waals surface area (Å²) >= 11 is 1.61. The third-order valence-corrected chi connectivity index (χ3v) is 7.24. The maximum Gasteiger partial charge on any atom is 0.182 e.